The second-order valence-corrected chi connectivity index (χ2v) is 7.56. The first-order chi connectivity index (χ1) is 14.1. The van der Waals surface area contributed by atoms with Gasteiger partial charge in [-0.1, -0.05) is 37.8 Å². The van der Waals surface area contributed by atoms with Crippen molar-refractivity contribution in [3.8, 4) is 24.8 Å². The van der Waals surface area contributed by atoms with Gasteiger partial charge < -0.3 is 15.4 Å². The highest BCUT2D eigenvalue weighted by Crippen LogP contribution is 2.21. The van der Waals surface area contributed by atoms with Gasteiger partial charge in [-0.15, -0.1) is 6.42 Å². The third kappa shape index (κ3) is 7.89. The molecule has 0 bridgehead atoms. The molecular weight excluding hydrogens is 382 g/mol. The molecule has 7 heteroatoms. The Morgan fingerprint density at radius 2 is 1.77 bits per heavy atom. The minimum absolute atomic E-state index is 0.416. The number of unbranched alkanes of at least 4 members (excludes halogenated alkanes) is 1. The smallest absolute Gasteiger partial charge is 0.408 e. The summed E-state index contributed by atoms with van der Waals surface area (Å²) in [4.78, 5) is 38.4. The number of hydrogen-bond donors (Lipinski definition) is 2. The second kappa shape index (κ2) is 11.5. The monoisotopic (exact) mass is 411 g/mol. The molecule has 30 heavy (non-hydrogen) atoms. The van der Waals surface area contributed by atoms with Crippen LogP contribution in [0, 0.1) is 24.8 Å². The van der Waals surface area contributed by atoms with Gasteiger partial charge >= 0.3 is 6.09 Å². The van der Waals surface area contributed by atoms with Crippen molar-refractivity contribution in [2.45, 2.75) is 52.2 Å². The van der Waals surface area contributed by atoms with E-state index in [0.717, 1.165) is 17.7 Å². The van der Waals surface area contributed by atoms with Crippen molar-refractivity contribution in [3.63, 3.8) is 0 Å². The summed E-state index contributed by atoms with van der Waals surface area (Å²) in [5.41, 5.74) is 0.431. The fourth-order valence-electron chi connectivity index (χ4n) is 2.50. The number of alkyl carbamates (subject to hydrolysis) is 1. The van der Waals surface area contributed by atoms with Crippen LogP contribution in [0.25, 0.3) is 0 Å². The zero-order valence-electron chi connectivity index (χ0n) is 18.0. The molecule has 0 fully saturated rings. The lowest BCUT2D eigenvalue weighted by molar-refractivity contribution is -0.136. The average molecular weight is 412 g/mol. The lowest BCUT2D eigenvalue weighted by Gasteiger charge is -2.27. The van der Waals surface area contributed by atoms with Gasteiger partial charge in [0.25, 0.3) is 5.91 Å². The number of amides is 3. The Hall–Kier alpha value is -3.45. The lowest BCUT2D eigenvalue weighted by atomic mass is 10.0. The Labute approximate surface area is 178 Å². The van der Waals surface area contributed by atoms with E-state index >= 15 is 0 Å². The first-order valence-corrected chi connectivity index (χ1v) is 9.72. The largest absolute Gasteiger partial charge is 0.444 e. The first kappa shape index (κ1) is 24.6. The number of benzene rings is 1. The quantitative estimate of drug-likeness (QED) is 0.391. The van der Waals surface area contributed by atoms with Gasteiger partial charge in [0.15, 0.2) is 0 Å². The lowest BCUT2D eigenvalue weighted by Crippen LogP contribution is -2.46. The summed E-state index contributed by atoms with van der Waals surface area (Å²) in [6.45, 7) is 7.16. The van der Waals surface area contributed by atoms with Crippen LogP contribution in [0.3, 0.4) is 0 Å². The molecule has 0 spiro atoms. The predicted octanol–water partition coefficient (Wildman–Crippen LogP) is 2.57. The molecule has 0 aliphatic rings. The minimum atomic E-state index is -1.06. The Kier molecular flexibility index (Phi) is 9.45. The van der Waals surface area contributed by atoms with Gasteiger partial charge in [0.2, 0.25) is 5.91 Å². The predicted molar refractivity (Wildman–Crippen MR) is 115 cm³/mol. The summed E-state index contributed by atoms with van der Waals surface area (Å²) in [5, 5.41) is 5.16. The summed E-state index contributed by atoms with van der Waals surface area (Å²) >= 11 is 0. The van der Waals surface area contributed by atoms with Gasteiger partial charge in [-0.3, -0.25) is 14.5 Å². The molecule has 0 saturated heterocycles. The maximum absolute atomic E-state index is 12.9. The van der Waals surface area contributed by atoms with Gasteiger partial charge in [-0.2, -0.15) is 0 Å². The number of rotatable bonds is 8. The van der Waals surface area contributed by atoms with Gasteiger partial charge in [0, 0.05) is 18.2 Å². The van der Waals surface area contributed by atoms with Crippen molar-refractivity contribution in [1.82, 2.24) is 15.5 Å². The minimum Gasteiger partial charge on any atom is -0.444 e. The molecule has 3 amide bonds. The number of nitrogens with one attached hydrogen (secondary N) is 2. The summed E-state index contributed by atoms with van der Waals surface area (Å²) in [6.07, 6.45) is 11.9. The molecule has 160 valence electrons. The fraction of sp³-hybridized carbons (Fsp3) is 0.435. The van der Waals surface area contributed by atoms with Crippen molar-refractivity contribution >= 4 is 17.9 Å². The van der Waals surface area contributed by atoms with E-state index in [4.69, 9.17) is 17.6 Å². The van der Waals surface area contributed by atoms with Crippen molar-refractivity contribution in [2.24, 2.45) is 0 Å². The maximum atomic E-state index is 12.9. The van der Waals surface area contributed by atoms with Crippen LogP contribution >= 0.6 is 0 Å². The fourth-order valence-corrected chi connectivity index (χ4v) is 2.50. The summed E-state index contributed by atoms with van der Waals surface area (Å²) in [5.74, 6) is 1.46. The van der Waals surface area contributed by atoms with Crippen molar-refractivity contribution < 1.29 is 19.1 Å². The maximum Gasteiger partial charge on any atom is 0.408 e. The molecule has 1 aromatic carbocycles. The molecule has 0 saturated carbocycles. The number of terminal acetylenes is 2. The number of carbonyl (C=O) groups excluding carboxylic acids is 3. The van der Waals surface area contributed by atoms with E-state index in [1.807, 2.05) is 6.92 Å². The highest BCUT2D eigenvalue weighted by atomic mass is 16.6. The van der Waals surface area contributed by atoms with Crippen LogP contribution in [0.2, 0.25) is 0 Å². The van der Waals surface area contributed by atoms with Crippen LogP contribution in [0.4, 0.5) is 4.79 Å². The molecule has 0 heterocycles. The molecule has 2 N–H and O–H groups in total. The van der Waals surface area contributed by atoms with Crippen LogP contribution in [0.1, 0.15) is 57.7 Å². The molecule has 1 rings (SSSR count). The molecule has 7 nitrogen and oxygen atoms in total. The third-order valence-corrected chi connectivity index (χ3v) is 3.92. The molecule has 0 aliphatic carbocycles. The average Bonchev–Trinajstić information content (AvgIpc) is 2.69. The van der Waals surface area contributed by atoms with E-state index in [-0.39, 0.29) is 0 Å². The van der Waals surface area contributed by atoms with Crippen LogP contribution in [0.15, 0.2) is 24.3 Å². The highest BCUT2D eigenvalue weighted by molar-refractivity contribution is 5.91. The molecule has 1 aromatic rings. The third-order valence-electron chi connectivity index (χ3n) is 3.92. The van der Waals surface area contributed by atoms with Gasteiger partial charge in [-0.05, 0) is 44.9 Å². The first-order valence-electron chi connectivity index (χ1n) is 9.72. The van der Waals surface area contributed by atoms with Crippen molar-refractivity contribution in [1.29, 1.82) is 0 Å². The molecule has 1 unspecified atom stereocenters. The zero-order chi connectivity index (χ0) is 22.7. The van der Waals surface area contributed by atoms with E-state index in [0.29, 0.717) is 17.7 Å². The Bertz CT molecular complexity index is 826. The summed E-state index contributed by atoms with van der Waals surface area (Å²) in [7, 11) is 0. The van der Waals surface area contributed by atoms with Gasteiger partial charge in [0.1, 0.15) is 18.2 Å². The number of nitrogens with zero attached hydrogens (tertiary/aromatic N) is 1. The number of carbonyl (C=O) groups is 3. The van der Waals surface area contributed by atoms with Crippen LogP contribution in [-0.4, -0.2) is 41.5 Å². The highest BCUT2D eigenvalue weighted by Gasteiger charge is 2.31. The van der Waals surface area contributed by atoms with E-state index in [1.165, 1.54) is 0 Å². The van der Waals surface area contributed by atoms with E-state index < -0.39 is 36.1 Å². The topological polar surface area (TPSA) is 87.7 Å². The van der Waals surface area contributed by atoms with Gasteiger partial charge in [-0.25, -0.2) is 4.79 Å². The van der Waals surface area contributed by atoms with E-state index in [9.17, 15) is 14.4 Å². The van der Waals surface area contributed by atoms with Gasteiger partial charge in [0.05, 0.1) is 0 Å². The summed E-state index contributed by atoms with van der Waals surface area (Å²) < 4.78 is 5.11. The van der Waals surface area contributed by atoms with E-state index in [1.54, 1.807) is 45.0 Å². The Balaban J connectivity index is 3.04. The van der Waals surface area contributed by atoms with Crippen LogP contribution in [0.5, 0.6) is 0 Å². The normalized spacial score (nSPS) is 11.4. The molecule has 0 aliphatic heterocycles. The standard InChI is InChI=1S/C23H29N3O4/c1-7-10-15-24-21(28)20(18-13-11-17(8-2)12-14-18)26(9-3)19(27)16-25-22(29)30-23(4,5)6/h2-3,11-14,20H,7,10,15-16H2,1,4-6H3,(H,24,28)(H,25,29). The Morgan fingerprint density at radius 1 is 1.13 bits per heavy atom. The number of ether oxygens (including phenoxy) is 1. The number of hydrogen-bond acceptors (Lipinski definition) is 4. The van der Waals surface area contributed by atoms with Crippen molar-refractivity contribution in [3.05, 3.63) is 35.4 Å². The summed E-state index contributed by atoms with van der Waals surface area (Å²) in [6, 6.07) is 7.83. The van der Waals surface area contributed by atoms with Crippen molar-refractivity contribution in [2.75, 3.05) is 13.1 Å². The molecule has 0 aromatic heterocycles. The van der Waals surface area contributed by atoms with Crippen LogP contribution in [-0.2, 0) is 14.3 Å². The molecule has 1 atom stereocenters. The second-order valence-electron chi connectivity index (χ2n) is 7.56. The zero-order valence-corrected chi connectivity index (χ0v) is 18.0. The van der Waals surface area contributed by atoms with Crippen LogP contribution < -0.4 is 10.6 Å². The SMILES string of the molecule is C#Cc1ccc(C(C(=O)NCCCC)N(C#C)C(=O)CNC(=O)OC(C)(C)C)cc1. The Morgan fingerprint density at radius 3 is 2.27 bits per heavy atom. The van der Waals surface area contributed by atoms with E-state index in [2.05, 4.69) is 22.6 Å². The molecular formula is C23H29N3O4. The molecule has 0 radical (unpaired) electrons.